The van der Waals surface area contributed by atoms with Crippen molar-refractivity contribution in [3.63, 3.8) is 0 Å². The van der Waals surface area contributed by atoms with Gasteiger partial charge in [0.15, 0.2) is 0 Å². The molecule has 0 heterocycles. The smallest absolute Gasteiger partial charge is 0.658 e. The first-order valence-electron chi connectivity index (χ1n) is 4.98. The normalized spacial score (nSPS) is 8.12. The fourth-order valence-electron chi connectivity index (χ4n) is 1.15. The van der Waals surface area contributed by atoms with E-state index in [2.05, 4.69) is 12.2 Å². The summed E-state index contributed by atoms with van der Waals surface area (Å²) < 4.78 is 0. The maximum absolute atomic E-state index is 4.44. The van der Waals surface area contributed by atoms with E-state index in [9.17, 15) is 0 Å². The van der Waals surface area contributed by atoms with E-state index in [1.54, 1.807) is 6.92 Å². The number of para-hydroxylation sites is 2. The third kappa shape index (κ3) is 5.09. The Labute approximate surface area is 111 Å². The summed E-state index contributed by atoms with van der Waals surface area (Å²) in [4.78, 5) is 0. The molecule has 2 aromatic carbocycles. The average Bonchev–Trinajstić information content (AvgIpc) is 2.34. The van der Waals surface area contributed by atoms with Gasteiger partial charge >= 0.3 is 19.5 Å². The first kappa shape index (κ1) is 14.9. The maximum Gasteiger partial charge on any atom is 2.00 e. The summed E-state index contributed by atoms with van der Waals surface area (Å²) in [5.41, 5.74) is 1.99. The minimum atomic E-state index is 0. The Kier molecular flexibility index (Phi) is 8.47. The molecular weight excluding hydrogens is 248 g/mol. The van der Waals surface area contributed by atoms with Crippen LogP contribution in [-0.2, 0) is 19.5 Å². The molecule has 0 bridgehead atoms. The zero-order valence-corrected chi connectivity index (χ0v) is 12.6. The van der Waals surface area contributed by atoms with Crippen molar-refractivity contribution in [3.05, 3.63) is 72.9 Å². The molecule has 0 spiro atoms. The maximum atomic E-state index is 4.44. The van der Waals surface area contributed by atoms with Gasteiger partial charge in [-0.3, -0.25) is 0 Å². The summed E-state index contributed by atoms with van der Waals surface area (Å²) in [5, 5.41) is 4.44. The summed E-state index contributed by atoms with van der Waals surface area (Å²) >= 11 is 0. The molecule has 0 aliphatic carbocycles. The summed E-state index contributed by atoms with van der Waals surface area (Å²) in [6.45, 7) is 5.00. The third-order valence-electron chi connectivity index (χ3n) is 1.77. The van der Waals surface area contributed by atoms with E-state index in [4.69, 9.17) is 0 Å². The molecule has 0 aromatic heterocycles. The van der Waals surface area contributed by atoms with Gasteiger partial charge in [-0.25, -0.2) is 0 Å². The first-order chi connectivity index (χ1) is 7.45. The van der Waals surface area contributed by atoms with E-state index in [1.807, 2.05) is 60.7 Å². The molecule has 2 heteroatoms. The van der Waals surface area contributed by atoms with Gasteiger partial charge in [-0.05, 0) is 0 Å². The quantitative estimate of drug-likeness (QED) is 0.542. The number of rotatable bonds is 2. The van der Waals surface area contributed by atoms with Crippen molar-refractivity contribution in [2.75, 3.05) is 0 Å². The molecule has 2 aromatic rings. The van der Waals surface area contributed by atoms with E-state index in [1.165, 1.54) is 0 Å². The Bertz CT molecular complexity index is 322. The van der Waals surface area contributed by atoms with Gasteiger partial charge in [0.1, 0.15) is 0 Å². The van der Waals surface area contributed by atoms with Crippen LogP contribution in [0.25, 0.3) is 5.32 Å². The molecule has 78 valence electrons. The van der Waals surface area contributed by atoms with E-state index in [0.717, 1.165) is 11.4 Å². The van der Waals surface area contributed by atoms with Gasteiger partial charge in [0.05, 0.1) is 0 Å². The van der Waals surface area contributed by atoms with Crippen molar-refractivity contribution in [1.82, 2.24) is 0 Å². The van der Waals surface area contributed by atoms with Gasteiger partial charge in [-0.15, -0.1) is 11.4 Å². The standard InChI is InChI=1S/C12H10N.C2H5.Zn/c1-3-7-11(8-4-1)13-12-9-5-2-6-10-12;1-2;/h1-10H;1H2,2H3;/q2*-1;+2. The van der Waals surface area contributed by atoms with Crippen LogP contribution in [0.1, 0.15) is 6.92 Å². The molecule has 0 amide bonds. The Balaban J connectivity index is 0.000000711. The van der Waals surface area contributed by atoms with Crippen molar-refractivity contribution in [2.45, 2.75) is 6.92 Å². The van der Waals surface area contributed by atoms with Crippen molar-refractivity contribution in [3.8, 4) is 0 Å². The van der Waals surface area contributed by atoms with Gasteiger partial charge in [-0.1, -0.05) is 60.7 Å². The van der Waals surface area contributed by atoms with Crippen LogP contribution in [0.2, 0.25) is 0 Å². The molecule has 0 saturated heterocycles. The SMILES string of the molecule is [CH2-]C.[Zn+2].c1ccc([N-]c2ccccc2)cc1. The summed E-state index contributed by atoms with van der Waals surface area (Å²) in [6.07, 6.45) is 0. The Morgan fingerprint density at radius 3 is 1.31 bits per heavy atom. The number of nitrogens with zero attached hydrogens (tertiary/aromatic N) is 1. The molecule has 2 rings (SSSR count). The predicted molar refractivity (Wildman–Crippen MR) is 66.6 cm³/mol. The number of hydrogen-bond donors (Lipinski definition) is 0. The molecule has 0 unspecified atom stereocenters. The Morgan fingerprint density at radius 1 is 0.688 bits per heavy atom. The number of benzene rings is 2. The molecule has 0 N–H and O–H groups in total. The molecular formula is C14H15NZn. The second kappa shape index (κ2) is 9.12. The van der Waals surface area contributed by atoms with Crippen LogP contribution >= 0.6 is 0 Å². The minimum Gasteiger partial charge on any atom is -0.658 e. The molecule has 0 fully saturated rings. The topological polar surface area (TPSA) is 14.1 Å². The van der Waals surface area contributed by atoms with Crippen LogP contribution in [0.5, 0.6) is 0 Å². The van der Waals surface area contributed by atoms with E-state index in [-0.39, 0.29) is 19.5 Å². The van der Waals surface area contributed by atoms with Crippen LogP contribution in [0.15, 0.2) is 60.7 Å². The summed E-state index contributed by atoms with van der Waals surface area (Å²) in [6, 6.07) is 19.9. The van der Waals surface area contributed by atoms with Crippen LogP contribution < -0.4 is 0 Å². The van der Waals surface area contributed by atoms with Crippen molar-refractivity contribution in [2.24, 2.45) is 0 Å². The minimum absolute atomic E-state index is 0. The molecule has 0 radical (unpaired) electrons. The summed E-state index contributed by atoms with van der Waals surface area (Å²) in [7, 11) is 0. The van der Waals surface area contributed by atoms with Gasteiger partial charge in [0.2, 0.25) is 0 Å². The molecule has 0 aliphatic rings. The van der Waals surface area contributed by atoms with Gasteiger partial charge in [0, 0.05) is 0 Å². The zero-order valence-electron chi connectivity index (χ0n) is 9.63. The van der Waals surface area contributed by atoms with Crippen molar-refractivity contribution < 1.29 is 19.5 Å². The van der Waals surface area contributed by atoms with Crippen LogP contribution in [0, 0.1) is 6.92 Å². The van der Waals surface area contributed by atoms with Crippen LogP contribution in [-0.4, -0.2) is 0 Å². The van der Waals surface area contributed by atoms with Gasteiger partial charge < -0.3 is 12.2 Å². The van der Waals surface area contributed by atoms with Crippen LogP contribution in [0.3, 0.4) is 0 Å². The molecule has 0 saturated carbocycles. The van der Waals surface area contributed by atoms with E-state index < -0.39 is 0 Å². The van der Waals surface area contributed by atoms with Crippen LogP contribution in [0.4, 0.5) is 11.4 Å². The Hall–Kier alpha value is -1.14. The zero-order chi connectivity index (χ0) is 10.9. The average molecular weight is 263 g/mol. The summed E-state index contributed by atoms with van der Waals surface area (Å²) in [5.74, 6) is 0. The van der Waals surface area contributed by atoms with Crippen molar-refractivity contribution >= 4 is 11.4 Å². The third-order valence-corrected chi connectivity index (χ3v) is 1.77. The van der Waals surface area contributed by atoms with E-state index >= 15 is 0 Å². The monoisotopic (exact) mass is 261 g/mol. The predicted octanol–water partition coefficient (Wildman–Crippen LogP) is 4.86. The van der Waals surface area contributed by atoms with Gasteiger partial charge in [-0.2, -0.15) is 6.92 Å². The largest absolute Gasteiger partial charge is 2.00 e. The molecule has 0 aliphatic heterocycles. The van der Waals surface area contributed by atoms with Gasteiger partial charge in [0.25, 0.3) is 0 Å². The second-order valence-corrected chi connectivity index (χ2v) is 2.78. The molecule has 0 atom stereocenters. The molecule has 16 heavy (non-hydrogen) atoms. The van der Waals surface area contributed by atoms with E-state index in [0.29, 0.717) is 0 Å². The fourth-order valence-corrected chi connectivity index (χ4v) is 1.15. The first-order valence-corrected chi connectivity index (χ1v) is 4.98. The number of hydrogen-bond acceptors (Lipinski definition) is 0. The van der Waals surface area contributed by atoms with Crippen molar-refractivity contribution in [1.29, 1.82) is 0 Å². The second-order valence-electron chi connectivity index (χ2n) is 2.78. The Morgan fingerprint density at radius 2 is 1.00 bits per heavy atom. The fraction of sp³-hybridized carbons (Fsp3) is 0.0714. The molecule has 1 nitrogen and oxygen atoms in total.